The van der Waals surface area contributed by atoms with Crippen LogP contribution in [0.3, 0.4) is 0 Å². The molecule has 0 saturated carbocycles. The van der Waals surface area contributed by atoms with E-state index in [9.17, 15) is 13.6 Å². The van der Waals surface area contributed by atoms with Gasteiger partial charge in [0, 0.05) is 31.3 Å². The second-order valence-corrected chi connectivity index (χ2v) is 7.77. The molecule has 1 aliphatic heterocycles. The van der Waals surface area contributed by atoms with Crippen molar-refractivity contribution in [3.8, 4) is 0 Å². The van der Waals surface area contributed by atoms with Gasteiger partial charge < -0.3 is 9.73 Å². The van der Waals surface area contributed by atoms with Crippen LogP contribution in [0.15, 0.2) is 71.3 Å². The number of likely N-dealkylation sites (tertiary alicyclic amines) is 1. The van der Waals surface area contributed by atoms with Crippen LogP contribution in [0.5, 0.6) is 0 Å². The molecule has 2 unspecified atom stereocenters. The van der Waals surface area contributed by atoms with Crippen molar-refractivity contribution in [3.05, 3.63) is 95.4 Å². The lowest BCUT2D eigenvalue weighted by Crippen LogP contribution is -2.45. The van der Waals surface area contributed by atoms with Gasteiger partial charge in [-0.15, -0.1) is 0 Å². The number of halogens is 2. The number of benzene rings is 2. The van der Waals surface area contributed by atoms with E-state index >= 15 is 0 Å². The van der Waals surface area contributed by atoms with Crippen LogP contribution < -0.4 is 5.32 Å². The number of carbonyl (C=O) groups is 1. The highest BCUT2D eigenvalue weighted by Crippen LogP contribution is 2.31. The van der Waals surface area contributed by atoms with E-state index < -0.39 is 11.6 Å². The average Bonchev–Trinajstić information content (AvgIpc) is 3.28. The Hall–Kier alpha value is -2.99. The van der Waals surface area contributed by atoms with Crippen molar-refractivity contribution in [2.24, 2.45) is 5.92 Å². The molecule has 1 aliphatic rings. The summed E-state index contributed by atoms with van der Waals surface area (Å²) in [5.74, 6) is -0.575. The molecule has 0 radical (unpaired) electrons. The monoisotopic (exact) mass is 410 g/mol. The first-order valence-electron chi connectivity index (χ1n) is 10.1. The van der Waals surface area contributed by atoms with Crippen LogP contribution in [-0.4, -0.2) is 23.9 Å². The molecule has 0 spiro atoms. The summed E-state index contributed by atoms with van der Waals surface area (Å²) in [6.07, 6.45) is 2.29. The number of rotatable bonds is 6. The lowest BCUT2D eigenvalue weighted by Gasteiger charge is -2.37. The minimum atomic E-state index is -0.591. The molecule has 4 nitrogen and oxygen atoms in total. The number of nitrogens with one attached hydrogen (secondary N) is 1. The smallest absolute Gasteiger partial charge is 0.224 e. The maximum Gasteiger partial charge on any atom is 0.224 e. The van der Waals surface area contributed by atoms with Crippen LogP contribution in [0.1, 0.15) is 29.2 Å². The lowest BCUT2D eigenvalue weighted by atomic mass is 9.84. The molecule has 4 rings (SSSR count). The molecule has 1 fully saturated rings. The second kappa shape index (κ2) is 9.22. The molecular formula is C24H24F2N2O2. The number of nitrogens with zero attached hydrogens (tertiary/aromatic N) is 1. The molecule has 2 aromatic carbocycles. The Labute approximate surface area is 174 Å². The first-order chi connectivity index (χ1) is 14.6. The van der Waals surface area contributed by atoms with Crippen LogP contribution in [0.25, 0.3) is 0 Å². The summed E-state index contributed by atoms with van der Waals surface area (Å²) in [6, 6.07) is 17.3. The molecule has 1 saturated heterocycles. The largest absolute Gasteiger partial charge is 0.467 e. The van der Waals surface area contributed by atoms with E-state index in [0.29, 0.717) is 37.5 Å². The fraction of sp³-hybridized carbons (Fsp3) is 0.292. The highest BCUT2D eigenvalue weighted by molar-refractivity contribution is 5.79. The van der Waals surface area contributed by atoms with Gasteiger partial charge in [0.1, 0.15) is 17.4 Å². The zero-order valence-corrected chi connectivity index (χ0v) is 16.6. The second-order valence-electron chi connectivity index (χ2n) is 7.77. The number of amides is 1. The Kier molecular flexibility index (Phi) is 6.23. The summed E-state index contributed by atoms with van der Waals surface area (Å²) in [6.45, 7) is 1.90. The van der Waals surface area contributed by atoms with Gasteiger partial charge in [-0.05, 0) is 36.1 Å². The first kappa shape index (κ1) is 20.3. The van der Waals surface area contributed by atoms with Crippen molar-refractivity contribution in [2.75, 3.05) is 13.1 Å². The van der Waals surface area contributed by atoms with Crippen LogP contribution >= 0.6 is 0 Å². The lowest BCUT2D eigenvalue weighted by molar-refractivity contribution is -0.127. The third kappa shape index (κ3) is 4.94. The number of piperidine rings is 1. The van der Waals surface area contributed by atoms with Crippen molar-refractivity contribution in [3.63, 3.8) is 0 Å². The summed E-state index contributed by atoms with van der Waals surface area (Å²) < 4.78 is 32.8. The van der Waals surface area contributed by atoms with Crippen molar-refractivity contribution in [1.82, 2.24) is 10.2 Å². The van der Waals surface area contributed by atoms with Gasteiger partial charge in [-0.2, -0.15) is 0 Å². The quantitative estimate of drug-likeness (QED) is 0.652. The maximum atomic E-state index is 14.2. The van der Waals surface area contributed by atoms with Crippen LogP contribution in [0, 0.1) is 17.6 Å². The molecule has 1 aromatic heterocycles. The van der Waals surface area contributed by atoms with Gasteiger partial charge >= 0.3 is 0 Å². The Morgan fingerprint density at radius 1 is 1.07 bits per heavy atom. The van der Waals surface area contributed by atoms with Gasteiger partial charge in [0.15, 0.2) is 0 Å². The van der Waals surface area contributed by atoms with Crippen molar-refractivity contribution < 1.29 is 18.0 Å². The Balaban J connectivity index is 1.49. The molecule has 2 heterocycles. The number of hydrogen-bond acceptors (Lipinski definition) is 3. The van der Waals surface area contributed by atoms with Gasteiger partial charge in [-0.3, -0.25) is 9.69 Å². The summed E-state index contributed by atoms with van der Waals surface area (Å²) in [7, 11) is 0. The summed E-state index contributed by atoms with van der Waals surface area (Å²) in [4.78, 5) is 15.0. The van der Waals surface area contributed by atoms with E-state index in [2.05, 4.69) is 22.3 Å². The topological polar surface area (TPSA) is 45.5 Å². The number of furan rings is 1. The molecular weight excluding hydrogens is 386 g/mol. The zero-order valence-electron chi connectivity index (χ0n) is 16.6. The molecule has 0 aliphatic carbocycles. The molecule has 30 heavy (non-hydrogen) atoms. The minimum absolute atomic E-state index is 0.0448. The molecule has 156 valence electrons. The van der Waals surface area contributed by atoms with Gasteiger partial charge in [-0.1, -0.05) is 36.4 Å². The van der Waals surface area contributed by atoms with E-state index in [1.54, 1.807) is 12.3 Å². The van der Waals surface area contributed by atoms with Gasteiger partial charge in [-0.25, -0.2) is 8.78 Å². The highest BCUT2D eigenvalue weighted by atomic mass is 19.1. The highest BCUT2D eigenvalue weighted by Gasteiger charge is 2.32. The SMILES string of the molecule is O=C(NCc1ccco1)C1CC(c2ccccc2)CN(Cc2ccc(F)cc2F)C1. The van der Waals surface area contributed by atoms with Gasteiger partial charge in [0.05, 0.1) is 18.7 Å². The summed E-state index contributed by atoms with van der Waals surface area (Å²) >= 11 is 0. The predicted octanol–water partition coefficient (Wildman–Crippen LogP) is 4.48. The Bertz CT molecular complexity index is 976. The number of hydrogen-bond donors (Lipinski definition) is 1. The molecule has 1 amide bonds. The van der Waals surface area contributed by atoms with Crippen molar-refractivity contribution >= 4 is 5.91 Å². The van der Waals surface area contributed by atoms with Gasteiger partial charge in [0.2, 0.25) is 5.91 Å². The zero-order chi connectivity index (χ0) is 20.9. The van der Waals surface area contributed by atoms with E-state index in [-0.39, 0.29) is 17.7 Å². The summed E-state index contributed by atoms with van der Waals surface area (Å²) in [5, 5.41) is 2.95. The molecule has 0 bridgehead atoms. The molecule has 1 N–H and O–H groups in total. The van der Waals surface area contributed by atoms with E-state index in [1.165, 1.54) is 12.1 Å². The van der Waals surface area contributed by atoms with E-state index in [1.807, 2.05) is 24.3 Å². The molecule has 3 aromatic rings. The van der Waals surface area contributed by atoms with Crippen LogP contribution in [0.2, 0.25) is 0 Å². The first-order valence-corrected chi connectivity index (χ1v) is 10.1. The molecule has 6 heteroatoms. The van der Waals surface area contributed by atoms with Crippen LogP contribution in [0.4, 0.5) is 8.78 Å². The maximum absolute atomic E-state index is 14.2. The van der Waals surface area contributed by atoms with E-state index in [4.69, 9.17) is 4.42 Å². The average molecular weight is 410 g/mol. The minimum Gasteiger partial charge on any atom is -0.467 e. The summed E-state index contributed by atoms with van der Waals surface area (Å²) in [5.41, 5.74) is 1.59. The number of carbonyl (C=O) groups excluding carboxylic acids is 1. The van der Waals surface area contributed by atoms with Crippen molar-refractivity contribution in [2.45, 2.75) is 25.4 Å². The standard InChI is InChI=1S/C24H24F2N2O2/c25-21-9-8-18(23(26)12-21)14-28-15-19(17-5-2-1-3-6-17)11-20(16-28)24(29)27-13-22-7-4-10-30-22/h1-10,12,19-20H,11,13-16H2,(H,27,29). The van der Waals surface area contributed by atoms with Crippen molar-refractivity contribution in [1.29, 1.82) is 0 Å². The van der Waals surface area contributed by atoms with Crippen LogP contribution in [-0.2, 0) is 17.9 Å². The predicted molar refractivity (Wildman–Crippen MR) is 109 cm³/mol. The fourth-order valence-corrected chi connectivity index (χ4v) is 4.10. The third-order valence-electron chi connectivity index (χ3n) is 5.59. The normalized spacial score (nSPS) is 19.5. The molecule has 2 atom stereocenters. The van der Waals surface area contributed by atoms with Gasteiger partial charge in [0.25, 0.3) is 0 Å². The third-order valence-corrected chi connectivity index (χ3v) is 5.59. The Morgan fingerprint density at radius 3 is 2.63 bits per heavy atom. The Morgan fingerprint density at radius 2 is 1.90 bits per heavy atom. The fourth-order valence-electron chi connectivity index (χ4n) is 4.10. The van der Waals surface area contributed by atoms with E-state index in [0.717, 1.165) is 18.1 Å².